The fourth-order valence-electron chi connectivity index (χ4n) is 1.95. The van der Waals surface area contributed by atoms with Crippen LogP contribution in [0.4, 0.5) is 5.69 Å². The number of benzene rings is 1. The maximum Gasteiger partial charge on any atom is 0.255 e. The highest BCUT2D eigenvalue weighted by Gasteiger charge is 2.23. The quantitative estimate of drug-likeness (QED) is 0.831. The lowest BCUT2D eigenvalue weighted by Gasteiger charge is -2.22. The van der Waals surface area contributed by atoms with Gasteiger partial charge in [-0.05, 0) is 40.4 Å². The molecule has 10 heteroatoms. The van der Waals surface area contributed by atoms with Gasteiger partial charge in [-0.3, -0.25) is 4.79 Å². The summed E-state index contributed by atoms with van der Waals surface area (Å²) in [5.74, 6) is -0.235. The molecule has 0 aliphatic carbocycles. The number of aromatic nitrogens is 4. The van der Waals surface area contributed by atoms with Gasteiger partial charge >= 0.3 is 0 Å². The fourth-order valence-corrected chi connectivity index (χ4v) is 3.11. The molecule has 122 valence electrons. The van der Waals surface area contributed by atoms with Gasteiger partial charge < -0.3 is 14.8 Å². The first kappa shape index (κ1) is 16.4. The molecule has 2 heterocycles. The smallest absolute Gasteiger partial charge is 0.255 e. The number of nitrogens with one attached hydrogen (secondary N) is 1. The largest absolute Gasteiger partial charge is 0.376 e. The second kappa shape index (κ2) is 7.39. The third-order valence-electron chi connectivity index (χ3n) is 3.09. The summed E-state index contributed by atoms with van der Waals surface area (Å²) >= 11 is 4.78. The summed E-state index contributed by atoms with van der Waals surface area (Å²) in [4.78, 5) is 13.1. The summed E-state index contributed by atoms with van der Waals surface area (Å²) < 4.78 is 13.1. The molecule has 0 saturated carbocycles. The molecule has 1 atom stereocenters. The zero-order valence-electron chi connectivity index (χ0n) is 12.2. The molecule has 1 N–H and O–H groups in total. The molecule has 1 saturated heterocycles. The Morgan fingerprint density at radius 3 is 3.04 bits per heavy atom. The monoisotopic (exact) mass is 399 g/mol. The van der Waals surface area contributed by atoms with Crippen molar-refractivity contribution in [3.8, 4) is 0 Å². The van der Waals surface area contributed by atoms with E-state index in [2.05, 4.69) is 36.8 Å². The Bertz CT molecular complexity index is 705. The minimum atomic E-state index is -0.600. The number of carbonyl (C=O) groups excluding carboxylic acids is 1. The van der Waals surface area contributed by atoms with E-state index >= 15 is 0 Å². The van der Waals surface area contributed by atoms with E-state index < -0.39 is 6.10 Å². The van der Waals surface area contributed by atoms with Crippen LogP contribution < -0.4 is 5.32 Å². The van der Waals surface area contributed by atoms with E-state index in [9.17, 15) is 4.79 Å². The molecule has 1 amide bonds. The van der Waals surface area contributed by atoms with Crippen LogP contribution in [-0.2, 0) is 21.3 Å². The van der Waals surface area contributed by atoms with Crippen molar-refractivity contribution in [1.29, 1.82) is 0 Å². The average Bonchev–Trinajstić information content (AvgIpc) is 2.96. The first-order chi connectivity index (χ1) is 11.1. The number of aryl methyl sites for hydroxylation is 1. The summed E-state index contributed by atoms with van der Waals surface area (Å²) in [6, 6.07) is 5.60. The molecule has 0 bridgehead atoms. The van der Waals surface area contributed by atoms with Gasteiger partial charge in [0.2, 0.25) is 5.16 Å². The highest BCUT2D eigenvalue weighted by molar-refractivity contribution is 9.10. The van der Waals surface area contributed by atoms with Gasteiger partial charge in [0.25, 0.3) is 5.91 Å². The van der Waals surface area contributed by atoms with Crippen molar-refractivity contribution in [2.75, 3.05) is 25.1 Å². The van der Waals surface area contributed by atoms with E-state index in [1.165, 1.54) is 11.8 Å². The van der Waals surface area contributed by atoms with Crippen molar-refractivity contribution < 1.29 is 14.3 Å². The summed E-state index contributed by atoms with van der Waals surface area (Å²) in [5.41, 5.74) is 0.659. The van der Waals surface area contributed by atoms with Crippen molar-refractivity contribution in [3.63, 3.8) is 0 Å². The maximum atomic E-state index is 12.3. The zero-order valence-corrected chi connectivity index (χ0v) is 14.6. The second-order valence-corrected chi connectivity index (χ2v) is 6.68. The lowest BCUT2D eigenvalue weighted by atomic mass is 10.3. The Kier molecular flexibility index (Phi) is 5.26. The first-order valence-corrected chi connectivity index (χ1v) is 8.44. The minimum Gasteiger partial charge on any atom is -0.376 e. The van der Waals surface area contributed by atoms with Crippen LogP contribution in [-0.4, -0.2) is 52.0 Å². The van der Waals surface area contributed by atoms with E-state index in [1.807, 2.05) is 18.2 Å². The van der Waals surface area contributed by atoms with E-state index in [0.717, 1.165) is 9.37 Å². The third-order valence-corrected chi connectivity index (χ3v) is 4.69. The van der Waals surface area contributed by atoms with Gasteiger partial charge in [-0.15, -0.1) is 5.10 Å². The second-order valence-electron chi connectivity index (χ2n) is 4.75. The van der Waals surface area contributed by atoms with Crippen molar-refractivity contribution in [3.05, 3.63) is 22.7 Å². The van der Waals surface area contributed by atoms with Crippen LogP contribution in [0.2, 0.25) is 0 Å². The minimum absolute atomic E-state index is 0.235. The number of halogens is 1. The molecular formula is C13H14BrN5O3S. The molecule has 1 aromatic heterocycles. The number of hydrogen-bond acceptors (Lipinski definition) is 7. The molecule has 0 spiro atoms. The Morgan fingerprint density at radius 1 is 1.48 bits per heavy atom. The highest BCUT2D eigenvalue weighted by Crippen LogP contribution is 2.34. The number of carbonyl (C=O) groups is 1. The molecule has 2 aromatic rings. The zero-order chi connectivity index (χ0) is 16.2. The van der Waals surface area contributed by atoms with Crippen LogP contribution in [0.5, 0.6) is 0 Å². The molecule has 1 aliphatic heterocycles. The molecule has 1 fully saturated rings. The van der Waals surface area contributed by atoms with Crippen molar-refractivity contribution in [2.45, 2.75) is 16.2 Å². The van der Waals surface area contributed by atoms with Gasteiger partial charge in [0.05, 0.1) is 25.5 Å². The number of rotatable bonds is 4. The van der Waals surface area contributed by atoms with Crippen molar-refractivity contribution in [1.82, 2.24) is 20.2 Å². The van der Waals surface area contributed by atoms with E-state index in [-0.39, 0.29) is 12.5 Å². The van der Waals surface area contributed by atoms with Gasteiger partial charge in [-0.25, -0.2) is 4.68 Å². The highest BCUT2D eigenvalue weighted by atomic mass is 79.9. The summed E-state index contributed by atoms with van der Waals surface area (Å²) in [5, 5.41) is 14.8. The number of tetrazole rings is 1. The van der Waals surface area contributed by atoms with E-state index in [4.69, 9.17) is 9.47 Å². The Labute approximate surface area is 145 Å². The Morgan fingerprint density at radius 2 is 2.35 bits per heavy atom. The SMILES string of the molecule is Cn1nnnc1Sc1ccc(Br)cc1NC(=O)C1COCCO1. The molecule has 0 radical (unpaired) electrons. The molecule has 23 heavy (non-hydrogen) atoms. The Hall–Kier alpha value is -1.49. The summed E-state index contributed by atoms with van der Waals surface area (Å²) in [6.45, 7) is 1.19. The van der Waals surface area contributed by atoms with E-state index in [1.54, 1.807) is 11.7 Å². The lowest BCUT2D eigenvalue weighted by molar-refractivity contribution is -0.142. The van der Waals surface area contributed by atoms with Crippen LogP contribution >= 0.6 is 27.7 Å². The number of amides is 1. The molecule has 1 aliphatic rings. The van der Waals surface area contributed by atoms with Gasteiger partial charge in [0.15, 0.2) is 6.10 Å². The topological polar surface area (TPSA) is 91.2 Å². The predicted molar refractivity (Wildman–Crippen MR) is 86.3 cm³/mol. The number of hydrogen-bond donors (Lipinski definition) is 1. The molecule has 8 nitrogen and oxygen atoms in total. The van der Waals surface area contributed by atoms with E-state index in [0.29, 0.717) is 24.1 Å². The molecular weight excluding hydrogens is 386 g/mol. The average molecular weight is 400 g/mol. The summed E-state index contributed by atoms with van der Waals surface area (Å²) in [7, 11) is 1.76. The van der Waals surface area contributed by atoms with Crippen molar-refractivity contribution in [2.24, 2.45) is 7.05 Å². The number of nitrogens with zero attached hydrogens (tertiary/aromatic N) is 4. The van der Waals surface area contributed by atoms with Crippen LogP contribution in [0.25, 0.3) is 0 Å². The molecule has 1 unspecified atom stereocenters. The lowest BCUT2D eigenvalue weighted by Crippen LogP contribution is -2.39. The van der Waals surface area contributed by atoms with Crippen molar-refractivity contribution >= 4 is 39.3 Å². The van der Waals surface area contributed by atoms with Crippen LogP contribution in [0.1, 0.15) is 0 Å². The van der Waals surface area contributed by atoms with Gasteiger partial charge in [0, 0.05) is 16.4 Å². The molecule has 3 rings (SSSR count). The fraction of sp³-hybridized carbons (Fsp3) is 0.385. The Balaban J connectivity index is 1.78. The van der Waals surface area contributed by atoms with Gasteiger partial charge in [0.1, 0.15) is 0 Å². The maximum absolute atomic E-state index is 12.3. The summed E-state index contributed by atoms with van der Waals surface area (Å²) in [6.07, 6.45) is -0.600. The van der Waals surface area contributed by atoms with Crippen LogP contribution in [0.3, 0.4) is 0 Å². The standard InChI is InChI=1S/C13H14BrN5O3S/c1-19-13(16-17-18-19)23-11-3-2-8(14)6-9(11)15-12(20)10-7-21-4-5-22-10/h2-3,6,10H,4-5,7H2,1H3,(H,15,20). The number of anilines is 1. The third kappa shape index (κ3) is 4.08. The predicted octanol–water partition coefficient (Wildman–Crippen LogP) is 1.48. The van der Waals surface area contributed by atoms with Gasteiger partial charge in [-0.2, -0.15) is 0 Å². The first-order valence-electron chi connectivity index (χ1n) is 6.83. The van der Waals surface area contributed by atoms with Crippen LogP contribution in [0.15, 0.2) is 32.7 Å². The number of ether oxygens (including phenoxy) is 2. The van der Waals surface area contributed by atoms with Gasteiger partial charge in [-0.1, -0.05) is 15.9 Å². The molecule has 1 aromatic carbocycles. The van der Waals surface area contributed by atoms with Crippen LogP contribution in [0, 0.1) is 0 Å². The normalized spacial score (nSPS) is 17.9.